The van der Waals surface area contributed by atoms with Gasteiger partial charge < -0.3 is 9.88 Å². The van der Waals surface area contributed by atoms with Crippen LogP contribution in [0.4, 0.5) is 5.69 Å². The van der Waals surface area contributed by atoms with Crippen molar-refractivity contribution in [2.45, 2.75) is 44.9 Å². The number of aromatic nitrogens is 2. The molecule has 0 saturated heterocycles. The third-order valence-corrected chi connectivity index (χ3v) is 5.74. The van der Waals surface area contributed by atoms with Crippen molar-refractivity contribution >= 4 is 22.6 Å². The number of hydrogen-bond acceptors (Lipinski definition) is 2. The van der Waals surface area contributed by atoms with Gasteiger partial charge in [-0.15, -0.1) is 0 Å². The van der Waals surface area contributed by atoms with E-state index in [-0.39, 0.29) is 5.91 Å². The van der Waals surface area contributed by atoms with Crippen LogP contribution in [0.2, 0.25) is 0 Å². The van der Waals surface area contributed by atoms with Gasteiger partial charge in [0, 0.05) is 25.6 Å². The zero-order valence-electron chi connectivity index (χ0n) is 15.9. The number of anilines is 1. The van der Waals surface area contributed by atoms with E-state index in [1.807, 2.05) is 30.3 Å². The Bertz CT molecular complexity index is 938. The van der Waals surface area contributed by atoms with Gasteiger partial charge in [-0.1, -0.05) is 43.2 Å². The van der Waals surface area contributed by atoms with Gasteiger partial charge in [-0.25, -0.2) is 4.98 Å². The topological polar surface area (TPSA) is 46.9 Å². The molecule has 1 saturated carbocycles. The van der Waals surface area contributed by atoms with Crippen LogP contribution in [0.1, 0.15) is 43.5 Å². The highest BCUT2D eigenvalue weighted by atomic mass is 16.1. The summed E-state index contributed by atoms with van der Waals surface area (Å²) in [6.45, 7) is 0. The predicted octanol–water partition coefficient (Wildman–Crippen LogP) is 4.88. The van der Waals surface area contributed by atoms with Crippen LogP contribution in [-0.2, 0) is 24.7 Å². The first-order chi connectivity index (χ1) is 13.2. The Kier molecular flexibility index (Phi) is 5.23. The van der Waals surface area contributed by atoms with Gasteiger partial charge in [-0.05, 0) is 48.9 Å². The highest BCUT2D eigenvalue weighted by Gasteiger charge is 2.19. The summed E-state index contributed by atoms with van der Waals surface area (Å²) in [6, 6.07) is 16.4. The second-order valence-electron chi connectivity index (χ2n) is 7.64. The monoisotopic (exact) mass is 361 g/mol. The fourth-order valence-electron chi connectivity index (χ4n) is 4.20. The normalized spacial score (nSPS) is 14.7. The van der Waals surface area contributed by atoms with Crippen LogP contribution in [-0.4, -0.2) is 15.5 Å². The summed E-state index contributed by atoms with van der Waals surface area (Å²) in [6.07, 6.45) is 7.29. The molecule has 0 aliphatic heterocycles. The van der Waals surface area contributed by atoms with Gasteiger partial charge in [0.05, 0.1) is 11.0 Å². The van der Waals surface area contributed by atoms with Crippen molar-refractivity contribution < 1.29 is 4.79 Å². The molecule has 1 aliphatic carbocycles. The molecule has 27 heavy (non-hydrogen) atoms. The second-order valence-corrected chi connectivity index (χ2v) is 7.64. The summed E-state index contributed by atoms with van der Waals surface area (Å²) in [4.78, 5) is 17.2. The van der Waals surface area contributed by atoms with Gasteiger partial charge in [0.15, 0.2) is 0 Å². The third kappa shape index (κ3) is 4.05. The second kappa shape index (κ2) is 7.95. The van der Waals surface area contributed by atoms with Crippen LogP contribution in [0.25, 0.3) is 11.0 Å². The standard InChI is InChI=1S/C23H27N3O/c1-26-21-13-7-6-12-20(21)24-22(26)15-14-18-10-4-5-11-19(18)25-23(27)16-17-8-2-3-9-17/h4-7,10-13,17H,2-3,8-9,14-16H2,1H3,(H,25,27). The lowest BCUT2D eigenvalue weighted by molar-refractivity contribution is -0.117. The molecule has 1 aliphatic rings. The molecule has 2 aromatic carbocycles. The quantitative estimate of drug-likeness (QED) is 0.680. The van der Waals surface area contributed by atoms with Crippen molar-refractivity contribution in [1.82, 2.24) is 9.55 Å². The van der Waals surface area contributed by atoms with Crippen LogP contribution < -0.4 is 5.32 Å². The van der Waals surface area contributed by atoms with Crippen molar-refractivity contribution in [1.29, 1.82) is 0 Å². The van der Waals surface area contributed by atoms with Gasteiger partial charge in [0.1, 0.15) is 5.82 Å². The van der Waals surface area contributed by atoms with E-state index >= 15 is 0 Å². The summed E-state index contributed by atoms with van der Waals surface area (Å²) in [5.41, 5.74) is 4.31. The highest BCUT2D eigenvalue weighted by Crippen LogP contribution is 2.28. The lowest BCUT2D eigenvalue weighted by Crippen LogP contribution is -2.16. The fraction of sp³-hybridized carbons (Fsp3) is 0.391. The summed E-state index contributed by atoms with van der Waals surface area (Å²) < 4.78 is 2.16. The average Bonchev–Trinajstić information content (AvgIpc) is 3.29. The lowest BCUT2D eigenvalue weighted by atomic mass is 10.0. The molecule has 1 heterocycles. The van der Waals surface area contributed by atoms with Crippen molar-refractivity contribution in [3.05, 3.63) is 59.9 Å². The first kappa shape index (κ1) is 17.8. The van der Waals surface area contributed by atoms with E-state index in [9.17, 15) is 4.79 Å². The molecule has 3 aromatic rings. The van der Waals surface area contributed by atoms with Gasteiger partial charge >= 0.3 is 0 Å². The number of imidazole rings is 1. The van der Waals surface area contributed by atoms with Gasteiger partial charge in [0.2, 0.25) is 5.91 Å². The highest BCUT2D eigenvalue weighted by molar-refractivity contribution is 5.91. The van der Waals surface area contributed by atoms with Gasteiger partial charge in [-0.3, -0.25) is 4.79 Å². The lowest BCUT2D eigenvalue weighted by Gasteiger charge is -2.13. The number of hydrogen-bond donors (Lipinski definition) is 1. The van der Waals surface area contributed by atoms with Gasteiger partial charge in [0.25, 0.3) is 0 Å². The Labute approximate surface area is 160 Å². The predicted molar refractivity (Wildman–Crippen MR) is 110 cm³/mol. The number of nitrogens with one attached hydrogen (secondary N) is 1. The number of carbonyl (C=O) groups is 1. The fourth-order valence-corrected chi connectivity index (χ4v) is 4.20. The number of fused-ring (bicyclic) bond motifs is 1. The summed E-state index contributed by atoms with van der Waals surface area (Å²) in [5, 5.41) is 3.15. The van der Waals surface area contributed by atoms with Crippen molar-refractivity contribution in [2.75, 3.05) is 5.32 Å². The number of nitrogens with zero attached hydrogens (tertiary/aromatic N) is 2. The molecule has 1 N–H and O–H groups in total. The number of amides is 1. The van der Waals surface area contributed by atoms with Crippen LogP contribution in [0.5, 0.6) is 0 Å². The van der Waals surface area contributed by atoms with E-state index in [1.54, 1.807) is 0 Å². The molecule has 0 unspecified atom stereocenters. The van der Waals surface area contributed by atoms with Crippen molar-refractivity contribution in [2.24, 2.45) is 13.0 Å². The molecule has 0 bridgehead atoms. The Morgan fingerprint density at radius 2 is 1.81 bits per heavy atom. The van der Waals surface area contributed by atoms with Crippen LogP contribution in [0.15, 0.2) is 48.5 Å². The maximum absolute atomic E-state index is 12.4. The first-order valence-corrected chi connectivity index (χ1v) is 9.99. The minimum absolute atomic E-state index is 0.150. The Balaban J connectivity index is 1.44. The molecule has 0 radical (unpaired) electrons. The van der Waals surface area contributed by atoms with Crippen molar-refractivity contribution in [3.63, 3.8) is 0 Å². The SMILES string of the molecule is Cn1c(CCc2ccccc2NC(=O)CC2CCCC2)nc2ccccc21. The molecule has 1 fully saturated rings. The van der Waals surface area contributed by atoms with Crippen molar-refractivity contribution in [3.8, 4) is 0 Å². The number of benzene rings is 2. The molecule has 0 atom stereocenters. The largest absolute Gasteiger partial charge is 0.331 e. The first-order valence-electron chi connectivity index (χ1n) is 9.99. The van der Waals surface area contributed by atoms with Crippen LogP contribution in [0, 0.1) is 5.92 Å². The van der Waals surface area contributed by atoms with E-state index in [2.05, 4.69) is 35.1 Å². The molecule has 0 spiro atoms. The van der Waals surface area contributed by atoms with Gasteiger partial charge in [-0.2, -0.15) is 0 Å². The molecule has 140 valence electrons. The Morgan fingerprint density at radius 1 is 1.07 bits per heavy atom. The van der Waals surface area contributed by atoms with Crippen LogP contribution >= 0.6 is 0 Å². The van der Waals surface area contributed by atoms with E-state index in [4.69, 9.17) is 4.98 Å². The molecule has 4 heteroatoms. The minimum Gasteiger partial charge on any atom is -0.331 e. The maximum atomic E-state index is 12.4. The van der Waals surface area contributed by atoms with E-state index < -0.39 is 0 Å². The zero-order valence-corrected chi connectivity index (χ0v) is 15.9. The molecule has 4 nitrogen and oxygen atoms in total. The Hall–Kier alpha value is -2.62. The molecular formula is C23H27N3O. The van der Waals surface area contributed by atoms with E-state index in [1.165, 1.54) is 31.2 Å². The Morgan fingerprint density at radius 3 is 2.63 bits per heavy atom. The molecule has 1 amide bonds. The zero-order chi connectivity index (χ0) is 18.6. The van der Waals surface area contributed by atoms with Crippen LogP contribution in [0.3, 0.4) is 0 Å². The summed E-state index contributed by atoms with van der Waals surface area (Å²) in [5.74, 6) is 1.79. The molecule has 4 rings (SSSR count). The summed E-state index contributed by atoms with van der Waals surface area (Å²) >= 11 is 0. The van der Waals surface area contributed by atoms with E-state index in [0.29, 0.717) is 12.3 Å². The molecule has 1 aromatic heterocycles. The number of carbonyl (C=O) groups excluding carboxylic acids is 1. The third-order valence-electron chi connectivity index (χ3n) is 5.74. The average molecular weight is 361 g/mol. The summed E-state index contributed by atoms with van der Waals surface area (Å²) in [7, 11) is 2.07. The minimum atomic E-state index is 0.150. The van der Waals surface area contributed by atoms with E-state index in [0.717, 1.165) is 35.4 Å². The number of para-hydroxylation sites is 3. The molecular weight excluding hydrogens is 334 g/mol. The number of rotatable bonds is 6. The maximum Gasteiger partial charge on any atom is 0.224 e. The number of aryl methyl sites for hydroxylation is 3. The smallest absolute Gasteiger partial charge is 0.224 e.